The number of carbonyl (C=O) groups excluding carboxylic acids is 2. The quantitative estimate of drug-likeness (QED) is 0.476. The van der Waals surface area contributed by atoms with E-state index in [-0.39, 0.29) is 17.9 Å². The molecule has 0 atom stereocenters. The molecule has 2 aromatic carbocycles. The van der Waals surface area contributed by atoms with E-state index < -0.39 is 0 Å². The molecular formula is C26H27N5O2. The van der Waals surface area contributed by atoms with Crippen LogP contribution in [0, 0.1) is 0 Å². The number of rotatable bonds is 6. The van der Waals surface area contributed by atoms with Crippen LogP contribution in [0.25, 0.3) is 22.3 Å². The van der Waals surface area contributed by atoms with Crippen molar-refractivity contribution < 1.29 is 9.59 Å². The minimum atomic E-state index is -0.236. The number of aromatic nitrogens is 3. The van der Waals surface area contributed by atoms with Gasteiger partial charge < -0.3 is 10.2 Å². The molecule has 0 aliphatic carbocycles. The molecule has 2 heterocycles. The molecule has 7 heteroatoms. The minimum absolute atomic E-state index is 0.0292. The number of anilines is 1. The van der Waals surface area contributed by atoms with E-state index in [4.69, 9.17) is 4.98 Å². The van der Waals surface area contributed by atoms with Crippen LogP contribution in [-0.4, -0.2) is 45.6 Å². The van der Waals surface area contributed by atoms with Gasteiger partial charge >= 0.3 is 0 Å². The predicted molar refractivity (Wildman–Crippen MR) is 130 cm³/mol. The molecule has 7 nitrogen and oxygen atoms in total. The number of hydrogen-bond donors (Lipinski definition) is 1. The molecule has 0 radical (unpaired) electrons. The molecule has 0 spiro atoms. The maximum Gasteiger partial charge on any atom is 0.256 e. The van der Waals surface area contributed by atoms with Gasteiger partial charge in [-0.1, -0.05) is 42.5 Å². The van der Waals surface area contributed by atoms with Crippen molar-refractivity contribution >= 4 is 28.5 Å². The molecule has 33 heavy (non-hydrogen) atoms. The number of fused-ring (bicyclic) bond motifs is 1. The summed E-state index contributed by atoms with van der Waals surface area (Å²) in [4.78, 5) is 31.6. The molecule has 0 aliphatic rings. The average molecular weight is 442 g/mol. The van der Waals surface area contributed by atoms with Crippen LogP contribution in [0.2, 0.25) is 0 Å². The van der Waals surface area contributed by atoms with E-state index in [9.17, 15) is 9.59 Å². The molecule has 0 fully saturated rings. The number of likely N-dealkylation sites (N-methyl/N-ethyl adjacent to an activating group) is 1. The van der Waals surface area contributed by atoms with Gasteiger partial charge in [-0.25, -0.2) is 9.67 Å². The lowest BCUT2D eigenvalue weighted by Crippen LogP contribution is -2.23. The first-order valence-corrected chi connectivity index (χ1v) is 10.9. The summed E-state index contributed by atoms with van der Waals surface area (Å²) >= 11 is 0. The van der Waals surface area contributed by atoms with Crippen LogP contribution in [-0.2, 0) is 11.2 Å². The third-order valence-corrected chi connectivity index (χ3v) is 5.44. The summed E-state index contributed by atoms with van der Waals surface area (Å²) in [5, 5.41) is 8.15. The zero-order chi connectivity index (χ0) is 23.5. The summed E-state index contributed by atoms with van der Waals surface area (Å²) in [5.41, 5.74) is 4.38. The Morgan fingerprint density at radius 2 is 1.73 bits per heavy atom. The van der Waals surface area contributed by atoms with Gasteiger partial charge in [-0.15, -0.1) is 0 Å². The van der Waals surface area contributed by atoms with Crippen LogP contribution in [0.15, 0.2) is 66.9 Å². The van der Waals surface area contributed by atoms with Crippen molar-refractivity contribution in [3.8, 4) is 11.3 Å². The Morgan fingerprint density at radius 3 is 2.36 bits per heavy atom. The Balaban J connectivity index is 1.67. The lowest BCUT2D eigenvalue weighted by Gasteiger charge is -2.12. The van der Waals surface area contributed by atoms with E-state index in [1.807, 2.05) is 79.2 Å². The van der Waals surface area contributed by atoms with Gasteiger partial charge in [-0.05, 0) is 37.6 Å². The fourth-order valence-electron chi connectivity index (χ4n) is 3.58. The van der Waals surface area contributed by atoms with Crippen molar-refractivity contribution in [1.29, 1.82) is 0 Å². The van der Waals surface area contributed by atoms with Crippen molar-refractivity contribution in [2.75, 3.05) is 19.4 Å². The third-order valence-electron chi connectivity index (χ3n) is 5.44. The minimum Gasteiger partial charge on any atom is -0.349 e. The van der Waals surface area contributed by atoms with Crippen LogP contribution >= 0.6 is 0 Å². The van der Waals surface area contributed by atoms with Gasteiger partial charge in [-0.3, -0.25) is 9.59 Å². The van der Waals surface area contributed by atoms with Crippen LogP contribution < -0.4 is 5.32 Å². The molecule has 168 valence electrons. The van der Waals surface area contributed by atoms with E-state index in [0.29, 0.717) is 34.4 Å². The van der Waals surface area contributed by atoms with Crippen LogP contribution in [0.5, 0.6) is 0 Å². The van der Waals surface area contributed by atoms with E-state index in [2.05, 4.69) is 10.4 Å². The molecule has 0 bridgehead atoms. The number of carbonyl (C=O) groups is 2. The number of pyridine rings is 1. The maximum atomic E-state index is 13.3. The summed E-state index contributed by atoms with van der Waals surface area (Å²) in [5.74, 6) is -0.207. The second kappa shape index (κ2) is 9.24. The Kier molecular flexibility index (Phi) is 6.22. The summed E-state index contributed by atoms with van der Waals surface area (Å²) < 4.78 is 1.83. The Labute approximate surface area is 193 Å². The standard InChI is InChI=1S/C26H27N5O2/c1-17(2)31-25-22(16-27-31)21(15-23(29-25)19-8-6-5-7-9-19)26(33)28-20-12-10-18(11-13-20)14-24(32)30(3)4/h5-13,15-17H,14H2,1-4H3,(H,28,33). The molecular weight excluding hydrogens is 414 g/mol. The maximum absolute atomic E-state index is 13.3. The van der Waals surface area contributed by atoms with Crippen molar-refractivity contribution in [3.05, 3.63) is 78.0 Å². The molecule has 2 aromatic heterocycles. The first-order valence-electron chi connectivity index (χ1n) is 10.9. The largest absolute Gasteiger partial charge is 0.349 e. The Morgan fingerprint density at radius 1 is 1.03 bits per heavy atom. The van der Waals surface area contributed by atoms with Crippen molar-refractivity contribution in [1.82, 2.24) is 19.7 Å². The fraction of sp³-hybridized carbons (Fsp3) is 0.231. The molecule has 0 aliphatic heterocycles. The molecule has 4 aromatic rings. The van der Waals surface area contributed by atoms with Gasteiger partial charge in [-0.2, -0.15) is 5.10 Å². The Hall–Kier alpha value is -4.00. The lowest BCUT2D eigenvalue weighted by molar-refractivity contribution is -0.127. The van der Waals surface area contributed by atoms with Crippen LogP contribution in [0.1, 0.15) is 35.8 Å². The second-order valence-corrected chi connectivity index (χ2v) is 8.46. The highest BCUT2D eigenvalue weighted by molar-refractivity contribution is 6.12. The number of amides is 2. The highest BCUT2D eigenvalue weighted by Gasteiger charge is 2.19. The van der Waals surface area contributed by atoms with Crippen molar-refractivity contribution in [2.24, 2.45) is 0 Å². The highest BCUT2D eigenvalue weighted by Crippen LogP contribution is 2.27. The third kappa shape index (κ3) is 4.77. The van der Waals surface area contributed by atoms with Gasteiger partial charge in [0, 0.05) is 31.4 Å². The van der Waals surface area contributed by atoms with Crippen molar-refractivity contribution in [3.63, 3.8) is 0 Å². The fourth-order valence-corrected chi connectivity index (χ4v) is 3.58. The smallest absolute Gasteiger partial charge is 0.256 e. The van der Waals surface area contributed by atoms with E-state index in [0.717, 1.165) is 11.1 Å². The number of hydrogen-bond acceptors (Lipinski definition) is 4. The second-order valence-electron chi connectivity index (χ2n) is 8.46. The molecule has 4 rings (SSSR count). The predicted octanol–water partition coefficient (Wildman–Crippen LogP) is 4.56. The molecule has 0 saturated heterocycles. The zero-order valence-corrected chi connectivity index (χ0v) is 19.2. The lowest BCUT2D eigenvalue weighted by atomic mass is 10.1. The van der Waals surface area contributed by atoms with E-state index in [1.54, 1.807) is 25.2 Å². The van der Waals surface area contributed by atoms with Gasteiger partial charge in [0.05, 0.1) is 29.3 Å². The number of nitrogens with one attached hydrogen (secondary N) is 1. The van der Waals surface area contributed by atoms with Gasteiger partial charge in [0.1, 0.15) is 0 Å². The molecule has 1 N–H and O–H groups in total. The first-order chi connectivity index (χ1) is 15.8. The van der Waals surface area contributed by atoms with Crippen molar-refractivity contribution in [2.45, 2.75) is 26.3 Å². The molecule has 2 amide bonds. The summed E-state index contributed by atoms with van der Waals surface area (Å²) in [6.45, 7) is 4.07. The van der Waals surface area contributed by atoms with Gasteiger partial charge in [0.2, 0.25) is 5.91 Å². The SMILES string of the molecule is CC(C)n1ncc2c(C(=O)Nc3ccc(CC(=O)N(C)C)cc3)cc(-c3ccccc3)nc21. The first kappa shape index (κ1) is 22.2. The Bertz CT molecular complexity index is 1290. The summed E-state index contributed by atoms with van der Waals surface area (Å²) in [7, 11) is 3.47. The molecule has 0 unspecified atom stereocenters. The van der Waals surface area contributed by atoms with Crippen LogP contribution in [0.4, 0.5) is 5.69 Å². The summed E-state index contributed by atoms with van der Waals surface area (Å²) in [6, 6.07) is 19.0. The molecule has 0 saturated carbocycles. The zero-order valence-electron chi connectivity index (χ0n) is 19.2. The highest BCUT2D eigenvalue weighted by atomic mass is 16.2. The normalized spacial score (nSPS) is 11.1. The monoisotopic (exact) mass is 441 g/mol. The van der Waals surface area contributed by atoms with Gasteiger partial charge in [0.15, 0.2) is 5.65 Å². The van der Waals surface area contributed by atoms with E-state index >= 15 is 0 Å². The summed E-state index contributed by atoms with van der Waals surface area (Å²) in [6.07, 6.45) is 2.02. The number of nitrogens with zero attached hydrogens (tertiary/aromatic N) is 4. The topological polar surface area (TPSA) is 80.1 Å². The van der Waals surface area contributed by atoms with E-state index in [1.165, 1.54) is 0 Å². The van der Waals surface area contributed by atoms with Gasteiger partial charge in [0.25, 0.3) is 5.91 Å². The van der Waals surface area contributed by atoms with Crippen LogP contribution in [0.3, 0.4) is 0 Å². The number of benzene rings is 2. The average Bonchev–Trinajstić information content (AvgIpc) is 3.24.